The Morgan fingerprint density at radius 1 is 0.386 bits per heavy atom. The van der Waals surface area contributed by atoms with Gasteiger partial charge in [-0.2, -0.15) is 0 Å². The van der Waals surface area contributed by atoms with Crippen LogP contribution in [-0.4, -0.2) is 74.3 Å². The zero-order valence-electron chi connectivity index (χ0n) is 59.8. The van der Waals surface area contributed by atoms with Crippen LogP contribution in [0.15, 0.2) is 36.5 Å². The quantitative estimate of drug-likeness (QED) is 0.0205. The van der Waals surface area contributed by atoms with E-state index in [1.165, 1.54) is 308 Å². The first-order valence-electron chi connectivity index (χ1n) is 38.8. The number of carbonyl (C=O) groups is 2. The van der Waals surface area contributed by atoms with Gasteiger partial charge in [0.2, 0.25) is 5.91 Å². The number of hydrogen-bond donors (Lipinski definition) is 2. The minimum atomic E-state index is -4.45. The number of nitrogens with zero attached hydrogens (tertiary/aromatic N) is 1. The fourth-order valence-corrected chi connectivity index (χ4v) is 12.6. The molecule has 1 amide bonds. The van der Waals surface area contributed by atoms with Crippen LogP contribution >= 0.6 is 7.82 Å². The van der Waals surface area contributed by atoms with Crippen molar-refractivity contribution in [2.75, 3.05) is 40.9 Å². The molecule has 9 nitrogen and oxygen atoms in total. The molecule has 3 unspecified atom stereocenters. The van der Waals surface area contributed by atoms with E-state index in [4.69, 9.17) is 13.8 Å². The van der Waals surface area contributed by atoms with Gasteiger partial charge in [-0.25, -0.2) is 4.57 Å². The van der Waals surface area contributed by atoms with E-state index in [1.54, 1.807) is 0 Å². The zero-order chi connectivity index (χ0) is 64.2. The molecule has 0 saturated heterocycles. The molecular weight excluding hydrogens is 1110 g/mol. The Morgan fingerprint density at radius 3 is 0.966 bits per heavy atom. The SMILES string of the molecule is CCCCCCCC/C=C/CCCCCCCCCCCCCCCCCCCC(=O)NC(COP(=O)(O)OCC[N+](C)(C)C)C(/C=C\CCCCCCCCCCCC)OC(=O)CCCCCCCCCCCCCCC/C=C/CCCCCCCC. The lowest BCUT2D eigenvalue weighted by Crippen LogP contribution is -2.47. The maximum absolute atomic E-state index is 13.7. The second-order valence-corrected chi connectivity index (χ2v) is 29.3. The number of unbranched alkanes of at least 4 members (excludes halogenated alkanes) is 52. The van der Waals surface area contributed by atoms with Crippen molar-refractivity contribution in [1.82, 2.24) is 5.32 Å². The third-order valence-corrected chi connectivity index (χ3v) is 18.8. The molecule has 520 valence electrons. The molecule has 0 aromatic heterocycles. The molecule has 0 aliphatic carbocycles. The first kappa shape index (κ1) is 86.2. The van der Waals surface area contributed by atoms with Gasteiger partial charge < -0.3 is 19.4 Å². The van der Waals surface area contributed by atoms with Gasteiger partial charge in [-0.1, -0.05) is 340 Å². The zero-order valence-corrected chi connectivity index (χ0v) is 60.6. The number of phosphoric ester groups is 1. The van der Waals surface area contributed by atoms with Gasteiger partial charge in [-0.15, -0.1) is 0 Å². The molecule has 0 rings (SSSR count). The molecule has 0 aromatic carbocycles. The van der Waals surface area contributed by atoms with Crippen molar-refractivity contribution in [3.05, 3.63) is 36.5 Å². The van der Waals surface area contributed by atoms with Gasteiger partial charge in [0, 0.05) is 12.8 Å². The molecule has 0 aliphatic rings. The van der Waals surface area contributed by atoms with Crippen molar-refractivity contribution in [2.24, 2.45) is 0 Å². The van der Waals surface area contributed by atoms with E-state index in [0.29, 0.717) is 23.9 Å². The monoisotopic (exact) mass is 1260 g/mol. The smallest absolute Gasteiger partial charge is 0.456 e. The molecule has 0 radical (unpaired) electrons. The van der Waals surface area contributed by atoms with Gasteiger partial charge in [0.1, 0.15) is 19.3 Å². The molecule has 2 N–H and O–H groups in total. The highest BCUT2D eigenvalue weighted by molar-refractivity contribution is 7.47. The lowest BCUT2D eigenvalue weighted by Gasteiger charge is -2.27. The summed E-state index contributed by atoms with van der Waals surface area (Å²) in [5, 5.41) is 3.09. The minimum absolute atomic E-state index is 0.0435. The van der Waals surface area contributed by atoms with Gasteiger partial charge in [0.25, 0.3) is 0 Å². The number of ether oxygens (including phenoxy) is 1. The van der Waals surface area contributed by atoms with Crippen molar-refractivity contribution >= 4 is 19.7 Å². The summed E-state index contributed by atoms with van der Waals surface area (Å²) in [5.74, 6) is -0.482. The molecule has 0 heterocycles. The van der Waals surface area contributed by atoms with Crippen LogP contribution in [0.2, 0.25) is 0 Å². The Labute approximate surface area is 548 Å². The van der Waals surface area contributed by atoms with Crippen LogP contribution in [0, 0.1) is 0 Å². The second kappa shape index (κ2) is 68.1. The Morgan fingerprint density at radius 2 is 0.659 bits per heavy atom. The first-order valence-corrected chi connectivity index (χ1v) is 40.3. The van der Waals surface area contributed by atoms with Crippen LogP contribution in [0.1, 0.15) is 400 Å². The molecule has 0 aromatic rings. The number of allylic oxidation sites excluding steroid dienone is 5. The van der Waals surface area contributed by atoms with Crippen molar-refractivity contribution in [1.29, 1.82) is 0 Å². The average Bonchev–Trinajstić information content (AvgIpc) is 3.66. The molecule has 3 atom stereocenters. The number of rotatable bonds is 72. The maximum Gasteiger partial charge on any atom is 0.472 e. The van der Waals surface area contributed by atoms with Crippen molar-refractivity contribution in [3.8, 4) is 0 Å². The van der Waals surface area contributed by atoms with Crippen LogP contribution in [0.25, 0.3) is 0 Å². The predicted molar refractivity (Wildman–Crippen MR) is 383 cm³/mol. The molecule has 0 bridgehead atoms. The van der Waals surface area contributed by atoms with Crippen LogP contribution in [0.5, 0.6) is 0 Å². The van der Waals surface area contributed by atoms with E-state index in [0.717, 1.165) is 57.8 Å². The maximum atomic E-state index is 13.7. The van der Waals surface area contributed by atoms with Crippen LogP contribution in [0.4, 0.5) is 0 Å². The number of phosphoric acid groups is 1. The summed E-state index contributed by atoms with van der Waals surface area (Å²) in [6.45, 7) is 7.08. The van der Waals surface area contributed by atoms with Crippen LogP contribution in [0.3, 0.4) is 0 Å². The number of quaternary nitrogens is 1. The van der Waals surface area contributed by atoms with E-state index in [1.807, 2.05) is 27.2 Å². The molecule has 0 saturated carbocycles. The van der Waals surface area contributed by atoms with Crippen molar-refractivity contribution in [3.63, 3.8) is 0 Å². The van der Waals surface area contributed by atoms with Crippen molar-refractivity contribution in [2.45, 2.75) is 412 Å². The summed E-state index contributed by atoms with van der Waals surface area (Å²) in [5.41, 5.74) is 0. The summed E-state index contributed by atoms with van der Waals surface area (Å²) in [6.07, 6.45) is 86.1. The van der Waals surface area contributed by atoms with E-state index in [9.17, 15) is 19.0 Å². The number of hydrogen-bond acceptors (Lipinski definition) is 6. The molecule has 10 heteroatoms. The fraction of sp³-hybridized carbons (Fsp3) is 0.897. The standard InChI is InChI=1S/C78H151N2O7P/c1-7-10-13-16-19-22-25-28-30-32-34-36-38-39-40-41-43-44-46-48-50-52-55-58-61-64-67-70-77(81)79-75(74-86-88(83,84)85-73-72-80(4,5)6)76(69-66-63-60-57-54-27-24-21-18-15-12-9-3)87-78(82)71-68-65-62-59-56-53-51-49-47-45-42-37-35-33-31-29-26-23-20-17-14-11-8-2/h28-31,66,69,75-76H,7-27,32-65,67-68,70-74H2,1-6H3,(H-,79,81,83,84)/p+1/b30-28+,31-29+,69-66-. The third-order valence-electron chi connectivity index (χ3n) is 17.8. The van der Waals surface area contributed by atoms with Crippen LogP contribution in [-0.2, 0) is 27.9 Å². The Bertz CT molecular complexity index is 1600. The Balaban J connectivity index is 4.92. The fourth-order valence-electron chi connectivity index (χ4n) is 11.8. The predicted octanol–water partition coefficient (Wildman–Crippen LogP) is 25.0. The Hall–Kier alpha value is -1.77. The topological polar surface area (TPSA) is 111 Å². The molecular formula is C78H152N2O7P+. The van der Waals surface area contributed by atoms with E-state index in [2.05, 4.69) is 56.5 Å². The second-order valence-electron chi connectivity index (χ2n) is 27.9. The van der Waals surface area contributed by atoms with Gasteiger partial charge in [0.15, 0.2) is 0 Å². The van der Waals surface area contributed by atoms with Crippen molar-refractivity contribution < 1.29 is 37.3 Å². The number of likely N-dealkylation sites (N-methyl/N-ethyl adjacent to an activating group) is 1. The lowest BCUT2D eigenvalue weighted by atomic mass is 10.0. The summed E-state index contributed by atoms with van der Waals surface area (Å²) >= 11 is 0. The largest absolute Gasteiger partial charge is 0.472 e. The minimum Gasteiger partial charge on any atom is -0.456 e. The van der Waals surface area contributed by atoms with E-state index in [-0.39, 0.29) is 25.1 Å². The lowest BCUT2D eigenvalue weighted by molar-refractivity contribution is -0.870. The summed E-state index contributed by atoms with van der Waals surface area (Å²) in [4.78, 5) is 38.0. The molecule has 0 fully saturated rings. The number of amides is 1. The van der Waals surface area contributed by atoms with Gasteiger partial charge in [0.05, 0.1) is 33.8 Å². The number of esters is 1. The summed E-state index contributed by atoms with van der Waals surface area (Å²) < 4.78 is 30.9. The number of nitrogens with one attached hydrogen (secondary N) is 1. The van der Waals surface area contributed by atoms with Gasteiger partial charge >= 0.3 is 13.8 Å². The van der Waals surface area contributed by atoms with Gasteiger partial charge in [-0.3, -0.25) is 18.6 Å². The number of carbonyl (C=O) groups excluding carboxylic acids is 2. The first-order chi connectivity index (χ1) is 42.9. The van der Waals surface area contributed by atoms with E-state index < -0.39 is 20.0 Å². The molecule has 88 heavy (non-hydrogen) atoms. The summed E-state index contributed by atoms with van der Waals surface area (Å²) in [6, 6.07) is -0.846. The van der Waals surface area contributed by atoms with Crippen LogP contribution < -0.4 is 5.32 Å². The third kappa shape index (κ3) is 68.6. The summed E-state index contributed by atoms with van der Waals surface area (Å²) in [7, 11) is 1.52. The normalized spacial score (nSPS) is 13.6. The Kier molecular flexibility index (Phi) is 66.7. The average molecular weight is 1260 g/mol. The highest BCUT2D eigenvalue weighted by Gasteiger charge is 2.30. The van der Waals surface area contributed by atoms with Gasteiger partial charge in [-0.05, 0) is 83.1 Å². The highest BCUT2D eigenvalue weighted by atomic mass is 31.2. The van der Waals surface area contributed by atoms with E-state index >= 15 is 0 Å². The molecule has 0 aliphatic heterocycles. The molecule has 0 spiro atoms. The highest BCUT2D eigenvalue weighted by Crippen LogP contribution is 2.43.